The first-order valence-electron chi connectivity index (χ1n) is 9.06. The van der Waals surface area contributed by atoms with Gasteiger partial charge >= 0.3 is 5.69 Å². The highest BCUT2D eigenvalue weighted by atomic mass is 16.6. The molecule has 26 heavy (non-hydrogen) atoms. The monoisotopic (exact) mass is 355 g/mol. The van der Waals surface area contributed by atoms with Gasteiger partial charge in [0.15, 0.2) is 5.52 Å². The van der Waals surface area contributed by atoms with Crippen LogP contribution in [0.25, 0.3) is 22.2 Å². The van der Waals surface area contributed by atoms with E-state index in [1.807, 2.05) is 26.8 Å². The Morgan fingerprint density at radius 1 is 1.27 bits per heavy atom. The van der Waals surface area contributed by atoms with Gasteiger partial charge < -0.3 is 9.09 Å². The molecule has 0 bridgehead atoms. The van der Waals surface area contributed by atoms with Crippen LogP contribution in [0.3, 0.4) is 0 Å². The van der Waals surface area contributed by atoms with Crippen molar-refractivity contribution in [2.24, 2.45) is 5.92 Å². The first-order chi connectivity index (χ1) is 12.5. The van der Waals surface area contributed by atoms with Gasteiger partial charge in [-0.05, 0) is 51.2 Å². The molecule has 1 fully saturated rings. The minimum atomic E-state index is -0.101. The summed E-state index contributed by atoms with van der Waals surface area (Å²) in [6.45, 7) is 6.54. The van der Waals surface area contributed by atoms with Crippen LogP contribution in [-0.2, 0) is 6.54 Å². The molecule has 1 aliphatic rings. The summed E-state index contributed by atoms with van der Waals surface area (Å²) in [4.78, 5) is 16.3. The van der Waals surface area contributed by atoms with Gasteiger partial charge in [0.1, 0.15) is 11.6 Å². The fourth-order valence-electron chi connectivity index (χ4n) is 4.19. The minimum Gasteiger partial charge on any atom is -0.361 e. The zero-order valence-electron chi connectivity index (χ0n) is 15.3. The number of benzene rings is 1. The maximum absolute atomic E-state index is 11.8. The van der Waals surface area contributed by atoms with E-state index in [4.69, 9.17) is 4.52 Å². The van der Waals surface area contributed by atoms with Crippen LogP contribution in [-0.4, -0.2) is 24.8 Å². The Labute approximate surface area is 151 Å². The first kappa shape index (κ1) is 16.8. The summed E-state index contributed by atoms with van der Waals surface area (Å²) in [7, 11) is 0. The summed E-state index contributed by atoms with van der Waals surface area (Å²) >= 11 is 0. The number of nitrogens with zero attached hydrogens (tertiary/aromatic N) is 4. The van der Waals surface area contributed by atoms with Crippen molar-refractivity contribution in [2.75, 3.05) is 0 Å². The quantitative estimate of drug-likeness (QED) is 0.691. The lowest BCUT2D eigenvalue weighted by atomic mass is 10.0. The Morgan fingerprint density at radius 2 is 2.00 bits per heavy atom. The lowest BCUT2D eigenvalue weighted by Crippen LogP contribution is -2.09. The van der Waals surface area contributed by atoms with Crippen molar-refractivity contribution in [3.05, 3.63) is 34.3 Å². The number of fused-ring (bicyclic) bond motifs is 1. The number of imidazole rings is 1. The van der Waals surface area contributed by atoms with Crippen LogP contribution < -0.4 is 0 Å². The summed E-state index contributed by atoms with van der Waals surface area (Å²) < 4.78 is 7.45. The molecule has 1 aliphatic carbocycles. The van der Waals surface area contributed by atoms with Crippen LogP contribution in [0.15, 0.2) is 16.7 Å². The zero-order chi connectivity index (χ0) is 18.4. The number of aromatic nitrogens is 3. The van der Waals surface area contributed by atoms with Crippen molar-refractivity contribution in [3.8, 4) is 11.1 Å². The molecule has 0 unspecified atom stereocenters. The standard InChI is InChI=1S/C19H23N4O3/c1-11-18(12(2)26-21-11)15-8-16-19(17(9-15)23(24)25)20-13(3)22(16)10-14-6-4-5-7-14/h8-9,14H,4-7,10H2,1-3H3,(H,24,25)/q+1. The van der Waals surface area contributed by atoms with E-state index in [-0.39, 0.29) is 10.6 Å². The Hall–Kier alpha value is -2.70. The zero-order valence-corrected chi connectivity index (χ0v) is 15.3. The molecule has 136 valence electrons. The van der Waals surface area contributed by atoms with Gasteiger partial charge in [-0.3, -0.25) is 0 Å². The molecule has 2 heterocycles. The molecule has 1 N–H and O–H groups in total. The van der Waals surface area contributed by atoms with Crippen LogP contribution in [0.2, 0.25) is 0 Å². The van der Waals surface area contributed by atoms with Crippen LogP contribution in [0.4, 0.5) is 5.69 Å². The van der Waals surface area contributed by atoms with Gasteiger partial charge in [-0.1, -0.05) is 18.0 Å². The van der Waals surface area contributed by atoms with Crippen molar-refractivity contribution < 1.29 is 14.7 Å². The molecule has 1 aromatic carbocycles. The van der Waals surface area contributed by atoms with Gasteiger partial charge in [0.25, 0.3) is 4.92 Å². The molecule has 4 rings (SSSR count). The van der Waals surface area contributed by atoms with E-state index in [2.05, 4.69) is 14.7 Å². The predicted octanol–water partition coefficient (Wildman–Crippen LogP) is 4.61. The molecule has 7 heteroatoms. The second-order valence-corrected chi connectivity index (χ2v) is 7.26. The van der Waals surface area contributed by atoms with Crippen molar-refractivity contribution in [2.45, 2.75) is 53.0 Å². The Morgan fingerprint density at radius 3 is 2.62 bits per heavy atom. The number of hydrogen-bond acceptors (Lipinski definition) is 4. The maximum Gasteiger partial charge on any atom is 0.344 e. The molecule has 2 aromatic heterocycles. The molecular formula is C19H23N4O3+. The predicted molar refractivity (Wildman–Crippen MR) is 96.5 cm³/mol. The topological polar surface area (TPSA) is 84.2 Å². The number of aryl methyl sites for hydroxylation is 3. The van der Waals surface area contributed by atoms with Crippen molar-refractivity contribution in [3.63, 3.8) is 0 Å². The molecule has 0 amide bonds. The van der Waals surface area contributed by atoms with Crippen molar-refractivity contribution >= 4 is 16.7 Å². The number of rotatable bonds is 4. The lowest BCUT2D eigenvalue weighted by Gasteiger charge is -2.13. The van der Waals surface area contributed by atoms with E-state index in [1.165, 1.54) is 25.7 Å². The van der Waals surface area contributed by atoms with Crippen LogP contribution in [0.1, 0.15) is 43.0 Å². The van der Waals surface area contributed by atoms with E-state index in [1.54, 1.807) is 6.07 Å². The second-order valence-electron chi connectivity index (χ2n) is 7.26. The Bertz CT molecular complexity index is 977. The molecule has 1 saturated carbocycles. The SMILES string of the molecule is Cc1noc(C)c1-c1cc([N+](=O)O)c2nc(C)n(CC3CCCC3)c2c1. The summed E-state index contributed by atoms with van der Waals surface area (Å²) in [6, 6.07) is 3.66. The van der Waals surface area contributed by atoms with E-state index >= 15 is 0 Å². The van der Waals surface area contributed by atoms with Gasteiger partial charge in [0.05, 0.1) is 16.1 Å². The smallest absolute Gasteiger partial charge is 0.344 e. The third-order valence-electron chi connectivity index (χ3n) is 5.47. The van der Waals surface area contributed by atoms with Gasteiger partial charge in [-0.2, -0.15) is 0 Å². The molecule has 0 saturated heterocycles. The molecular weight excluding hydrogens is 332 g/mol. The highest BCUT2D eigenvalue weighted by Crippen LogP contribution is 2.36. The average molecular weight is 355 g/mol. The van der Waals surface area contributed by atoms with Gasteiger partial charge in [0, 0.05) is 18.2 Å². The summed E-state index contributed by atoms with van der Waals surface area (Å²) in [6.07, 6.45) is 5.00. The summed E-state index contributed by atoms with van der Waals surface area (Å²) in [5, 5.41) is 13.7. The second kappa shape index (κ2) is 6.23. The van der Waals surface area contributed by atoms with Crippen molar-refractivity contribution in [1.82, 2.24) is 14.7 Å². The largest absolute Gasteiger partial charge is 0.361 e. The summed E-state index contributed by atoms with van der Waals surface area (Å²) in [5.41, 5.74) is 3.92. The minimum absolute atomic E-state index is 0.101. The molecule has 0 spiro atoms. The highest BCUT2D eigenvalue weighted by Gasteiger charge is 2.27. The van der Waals surface area contributed by atoms with Gasteiger partial charge in [0.2, 0.25) is 0 Å². The molecule has 0 radical (unpaired) electrons. The van der Waals surface area contributed by atoms with Crippen LogP contribution in [0.5, 0.6) is 0 Å². The lowest BCUT2D eigenvalue weighted by molar-refractivity contribution is -0.728. The fourth-order valence-corrected chi connectivity index (χ4v) is 4.19. The van der Waals surface area contributed by atoms with Gasteiger partial charge in [-0.25, -0.2) is 10.2 Å². The normalized spacial score (nSPS) is 15.2. The van der Waals surface area contributed by atoms with Crippen molar-refractivity contribution in [1.29, 1.82) is 0 Å². The fraction of sp³-hybridized carbons (Fsp3) is 0.474. The molecule has 0 aliphatic heterocycles. The van der Waals surface area contributed by atoms with E-state index in [0.29, 0.717) is 17.2 Å². The van der Waals surface area contributed by atoms with E-state index < -0.39 is 0 Å². The molecule has 3 aromatic rings. The third kappa shape index (κ3) is 2.67. The molecule has 0 atom stereocenters. The van der Waals surface area contributed by atoms with E-state index in [0.717, 1.165) is 34.7 Å². The first-order valence-corrected chi connectivity index (χ1v) is 9.06. The Kier molecular flexibility index (Phi) is 4.01. The maximum atomic E-state index is 11.8. The van der Waals surface area contributed by atoms with Crippen LogP contribution in [0, 0.1) is 31.6 Å². The van der Waals surface area contributed by atoms with Gasteiger partial charge in [-0.15, -0.1) is 0 Å². The average Bonchev–Trinajstić information content (AvgIpc) is 3.29. The highest BCUT2D eigenvalue weighted by molar-refractivity contribution is 5.91. The van der Waals surface area contributed by atoms with E-state index in [9.17, 15) is 10.1 Å². The van der Waals surface area contributed by atoms with Crippen LogP contribution >= 0.6 is 0 Å². The number of hydrogen-bond donors (Lipinski definition) is 1. The summed E-state index contributed by atoms with van der Waals surface area (Å²) in [5.74, 6) is 2.17. The molecule has 7 nitrogen and oxygen atoms in total. The third-order valence-corrected chi connectivity index (χ3v) is 5.47. The Balaban J connectivity index is 1.93.